The van der Waals surface area contributed by atoms with E-state index in [1.807, 2.05) is 13.1 Å². The van der Waals surface area contributed by atoms with E-state index in [9.17, 15) is 8.78 Å². The van der Waals surface area contributed by atoms with E-state index in [0.29, 0.717) is 5.92 Å². The number of likely N-dealkylation sites (tertiary alicyclic amines) is 1. The van der Waals surface area contributed by atoms with Gasteiger partial charge in [-0.25, -0.2) is 8.78 Å². The van der Waals surface area contributed by atoms with Crippen LogP contribution in [0, 0.1) is 5.92 Å². The van der Waals surface area contributed by atoms with Gasteiger partial charge in [-0.3, -0.25) is 4.90 Å². The first kappa shape index (κ1) is 16.3. The van der Waals surface area contributed by atoms with Crippen LogP contribution in [-0.4, -0.2) is 31.6 Å². The van der Waals surface area contributed by atoms with Gasteiger partial charge >= 0.3 is 0 Å². The number of hydrogen-bond acceptors (Lipinski definition) is 2. The second-order valence-corrected chi connectivity index (χ2v) is 4.99. The van der Waals surface area contributed by atoms with Gasteiger partial charge in [0, 0.05) is 18.7 Å². The third kappa shape index (κ3) is 4.71. The number of halogens is 3. The average Bonchev–Trinajstić information content (AvgIpc) is 2.77. The van der Waals surface area contributed by atoms with Gasteiger partial charge in [-0.05, 0) is 44.1 Å². The third-order valence-corrected chi connectivity index (χ3v) is 3.47. The van der Waals surface area contributed by atoms with Gasteiger partial charge in [0.15, 0.2) is 0 Å². The van der Waals surface area contributed by atoms with E-state index >= 15 is 0 Å². The summed E-state index contributed by atoms with van der Waals surface area (Å²) in [5.41, 5.74) is 1.11. The summed E-state index contributed by atoms with van der Waals surface area (Å²) in [6, 6.07) is 6.76. The first-order valence-corrected chi connectivity index (χ1v) is 6.43. The zero-order valence-corrected chi connectivity index (χ0v) is 11.9. The van der Waals surface area contributed by atoms with E-state index in [1.165, 1.54) is 12.5 Å². The molecule has 1 aliphatic heterocycles. The molecule has 1 N–H and O–H groups in total. The van der Waals surface area contributed by atoms with Crippen molar-refractivity contribution in [2.45, 2.75) is 19.4 Å². The van der Waals surface area contributed by atoms with Gasteiger partial charge in [0.05, 0.1) is 0 Å². The molecule has 1 saturated heterocycles. The highest BCUT2D eigenvalue weighted by atomic mass is 35.5. The zero-order valence-electron chi connectivity index (χ0n) is 11.1. The largest absolute Gasteiger partial charge is 0.319 e. The van der Waals surface area contributed by atoms with Crippen LogP contribution in [0.3, 0.4) is 0 Å². The van der Waals surface area contributed by atoms with Crippen LogP contribution in [0.1, 0.15) is 24.0 Å². The molecule has 0 spiro atoms. The Bertz CT molecular complexity index is 387. The van der Waals surface area contributed by atoms with Crippen molar-refractivity contribution in [3.05, 3.63) is 35.4 Å². The predicted octanol–water partition coefficient (Wildman–Crippen LogP) is 3.09. The molecule has 2 nitrogen and oxygen atoms in total. The Labute approximate surface area is 119 Å². The second kappa shape index (κ2) is 7.78. The smallest absolute Gasteiger partial charge is 0.263 e. The fourth-order valence-electron chi connectivity index (χ4n) is 2.60. The normalized spacial score (nSPS) is 19.7. The molecule has 1 heterocycles. The Balaban J connectivity index is 0.00000180. The van der Waals surface area contributed by atoms with Gasteiger partial charge in [-0.1, -0.05) is 18.2 Å². The second-order valence-electron chi connectivity index (χ2n) is 4.99. The molecule has 1 aromatic rings. The molecule has 108 valence electrons. The monoisotopic (exact) mass is 290 g/mol. The minimum Gasteiger partial charge on any atom is -0.319 e. The van der Waals surface area contributed by atoms with Crippen LogP contribution in [0.15, 0.2) is 24.3 Å². The number of alkyl halides is 2. The molecule has 0 aliphatic carbocycles. The topological polar surface area (TPSA) is 15.3 Å². The Hall–Kier alpha value is -0.710. The van der Waals surface area contributed by atoms with Gasteiger partial charge in [-0.2, -0.15) is 0 Å². The van der Waals surface area contributed by atoms with Crippen LogP contribution in [0.25, 0.3) is 0 Å². The Morgan fingerprint density at radius 2 is 2.21 bits per heavy atom. The van der Waals surface area contributed by atoms with Gasteiger partial charge in [-0.15, -0.1) is 12.4 Å². The summed E-state index contributed by atoms with van der Waals surface area (Å²) in [5.74, 6) is 0.688. The van der Waals surface area contributed by atoms with Crippen LogP contribution in [-0.2, 0) is 6.54 Å². The number of nitrogens with one attached hydrogen (secondary N) is 1. The minimum absolute atomic E-state index is 0. The Morgan fingerprint density at radius 1 is 1.42 bits per heavy atom. The zero-order chi connectivity index (χ0) is 13.0. The molecule has 19 heavy (non-hydrogen) atoms. The highest BCUT2D eigenvalue weighted by molar-refractivity contribution is 5.85. The average molecular weight is 291 g/mol. The van der Waals surface area contributed by atoms with Crippen molar-refractivity contribution in [3.63, 3.8) is 0 Å². The van der Waals surface area contributed by atoms with Crippen molar-refractivity contribution in [2.24, 2.45) is 5.92 Å². The van der Waals surface area contributed by atoms with Gasteiger partial charge in [0.2, 0.25) is 0 Å². The fourth-order valence-corrected chi connectivity index (χ4v) is 2.60. The predicted molar refractivity (Wildman–Crippen MR) is 76.0 cm³/mol. The van der Waals surface area contributed by atoms with Gasteiger partial charge < -0.3 is 5.32 Å². The molecular weight excluding hydrogens is 270 g/mol. The summed E-state index contributed by atoms with van der Waals surface area (Å²) >= 11 is 0. The van der Waals surface area contributed by atoms with Crippen molar-refractivity contribution >= 4 is 12.4 Å². The maximum absolute atomic E-state index is 12.6. The van der Waals surface area contributed by atoms with E-state index < -0.39 is 6.43 Å². The van der Waals surface area contributed by atoms with Crippen LogP contribution in [0.2, 0.25) is 0 Å². The molecule has 0 radical (unpaired) electrons. The summed E-state index contributed by atoms with van der Waals surface area (Å²) < 4.78 is 25.2. The molecular formula is C14H21ClF2N2. The molecule has 1 aliphatic rings. The van der Waals surface area contributed by atoms with Crippen LogP contribution in [0.4, 0.5) is 8.78 Å². The number of benzene rings is 1. The highest BCUT2D eigenvalue weighted by Gasteiger charge is 2.21. The first-order chi connectivity index (χ1) is 8.69. The number of rotatable bonds is 5. The SMILES string of the molecule is CNCC1CCN(Cc2cccc(C(F)F)c2)C1.Cl. The number of hydrogen-bond donors (Lipinski definition) is 1. The molecule has 1 fully saturated rings. The summed E-state index contributed by atoms with van der Waals surface area (Å²) in [4.78, 5) is 2.34. The van der Waals surface area contributed by atoms with Gasteiger partial charge in [0.1, 0.15) is 0 Å². The van der Waals surface area contributed by atoms with Crippen molar-refractivity contribution < 1.29 is 8.78 Å². The van der Waals surface area contributed by atoms with Crippen molar-refractivity contribution in [3.8, 4) is 0 Å². The van der Waals surface area contributed by atoms with E-state index in [2.05, 4.69) is 10.2 Å². The van der Waals surface area contributed by atoms with Crippen LogP contribution < -0.4 is 5.32 Å². The van der Waals surface area contributed by atoms with Gasteiger partial charge in [0.25, 0.3) is 6.43 Å². The lowest BCUT2D eigenvalue weighted by Gasteiger charge is -2.16. The number of nitrogens with zero attached hydrogens (tertiary/aromatic N) is 1. The molecule has 0 aromatic heterocycles. The summed E-state index contributed by atoms with van der Waals surface area (Å²) in [6.45, 7) is 3.93. The molecule has 1 aromatic carbocycles. The molecule has 0 amide bonds. The van der Waals surface area contributed by atoms with Crippen molar-refractivity contribution in [1.82, 2.24) is 10.2 Å². The highest BCUT2D eigenvalue weighted by Crippen LogP contribution is 2.22. The fraction of sp³-hybridized carbons (Fsp3) is 0.571. The quantitative estimate of drug-likeness (QED) is 0.896. The van der Waals surface area contributed by atoms with E-state index in [-0.39, 0.29) is 18.0 Å². The molecule has 0 bridgehead atoms. The lowest BCUT2D eigenvalue weighted by atomic mass is 10.1. The van der Waals surface area contributed by atoms with E-state index in [4.69, 9.17) is 0 Å². The van der Waals surface area contributed by atoms with Crippen LogP contribution in [0.5, 0.6) is 0 Å². The molecule has 1 atom stereocenters. The Morgan fingerprint density at radius 3 is 2.89 bits per heavy atom. The molecule has 1 unspecified atom stereocenters. The third-order valence-electron chi connectivity index (χ3n) is 3.47. The van der Waals surface area contributed by atoms with E-state index in [1.54, 1.807) is 12.1 Å². The molecule has 2 rings (SSSR count). The standard InChI is InChI=1S/C14H20F2N2.ClH/c1-17-8-12-5-6-18(10-12)9-11-3-2-4-13(7-11)14(15)16;/h2-4,7,12,14,17H,5-6,8-10H2,1H3;1H. The van der Waals surface area contributed by atoms with E-state index in [0.717, 1.165) is 31.7 Å². The minimum atomic E-state index is -2.37. The first-order valence-electron chi connectivity index (χ1n) is 6.43. The van der Waals surface area contributed by atoms with Crippen molar-refractivity contribution in [1.29, 1.82) is 0 Å². The van der Waals surface area contributed by atoms with Crippen LogP contribution >= 0.6 is 12.4 Å². The Kier molecular flexibility index (Phi) is 6.69. The molecule has 0 saturated carbocycles. The maximum atomic E-state index is 12.6. The summed E-state index contributed by atoms with van der Waals surface area (Å²) in [5, 5.41) is 3.19. The lowest BCUT2D eigenvalue weighted by Crippen LogP contribution is -2.24. The summed E-state index contributed by atoms with van der Waals surface area (Å²) in [7, 11) is 1.97. The molecule has 5 heteroatoms. The summed E-state index contributed by atoms with van der Waals surface area (Å²) in [6.07, 6.45) is -1.18. The van der Waals surface area contributed by atoms with Crippen molar-refractivity contribution in [2.75, 3.05) is 26.7 Å². The lowest BCUT2D eigenvalue weighted by molar-refractivity contribution is 0.151. The maximum Gasteiger partial charge on any atom is 0.263 e.